The molecule has 0 radical (unpaired) electrons. The summed E-state index contributed by atoms with van der Waals surface area (Å²) < 4.78 is 15.8. The summed E-state index contributed by atoms with van der Waals surface area (Å²) in [6.45, 7) is 1.15. The van der Waals surface area contributed by atoms with Crippen LogP contribution in [0, 0.1) is 0 Å². The standard InChI is InChI=1S/C9H14N2O3/c10-8-5-7(14-11-8)6-13-9-3-1-2-4-12-9/h5,9H,1-4,6H2,(H2,10,11). The van der Waals surface area contributed by atoms with Crippen LogP contribution in [-0.2, 0) is 16.1 Å². The number of rotatable bonds is 3. The van der Waals surface area contributed by atoms with E-state index in [1.807, 2.05) is 0 Å². The van der Waals surface area contributed by atoms with Gasteiger partial charge >= 0.3 is 0 Å². The number of anilines is 1. The van der Waals surface area contributed by atoms with Crippen molar-refractivity contribution >= 4 is 5.82 Å². The molecule has 0 bridgehead atoms. The molecule has 2 heterocycles. The minimum Gasteiger partial charge on any atom is -0.381 e. The van der Waals surface area contributed by atoms with E-state index in [1.54, 1.807) is 6.07 Å². The molecule has 0 amide bonds. The van der Waals surface area contributed by atoms with Gasteiger partial charge in [0.05, 0.1) is 0 Å². The maximum atomic E-state index is 5.47. The minimum atomic E-state index is -0.102. The predicted molar refractivity (Wildman–Crippen MR) is 49.3 cm³/mol. The van der Waals surface area contributed by atoms with E-state index in [1.165, 1.54) is 0 Å². The van der Waals surface area contributed by atoms with Crippen LogP contribution < -0.4 is 5.73 Å². The van der Waals surface area contributed by atoms with Crippen LogP contribution >= 0.6 is 0 Å². The van der Waals surface area contributed by atoms with E-state index < -0.39 is 0 Å². The van der Waals surface area contributed by atoms with Gasteiger partial charge in [-0.3, -0.25) is 0 Å². The van der Waals surface area contributed by atoms with E-state index in [4.69, 9.17) is 19.7 Å². The Labute approximate surface area is 82.1 Å². The van der Waals surface area contributed by atoms with Crippen LogP contribution in [0.4, 0.5) is 5.82 Å². The number of ether oxygens (including phenoxy) is 2. The second-order valence-corrected chi connectivity index (χ2v) is 3.33. The Hall–Kier alpha value is -1.07. The highest BCUT2D eigenvalue weighted by Crippen LogP contribution is 2.16. The fourth-order valence-corrected chi connectivity index (χ4v) is 1.41. The number of nitrogens with zero attached hydrogens (tertiary/aromatic N) is 1. The van der Waals surface area contributed by atoms with E-state index in [0.717, 1.165) is 25.9 Å². The maximum absolute atomic E-state index is 5.47. The molecular formula is C9H14N2O3. The third-order valence-corrected chi connectivity index (χ3v) is 2.13. The average molecular weight is 198 g/mol. The lowest BCUT2D eigenvalue weighted by atomic mass is 10.2. The van der Waals surface area contributed by atoms with Crippen LogP contribution in [0.3, 0.4) is 0 Å². The Morgan fingerprint density at radius 2 is 2.50 bits per heavy atom. The lowest BCUT2D eigenvalue weighted by Gasteiger charge is -2.21. The van der Waals surface area contributed by atoms with Crippen molar-refractivity contribution in [3.63, 3.8) is 0 Å². The third kappa shape index (κ3) is 2.46. The molecule has 0 spiro atoms. The molecule has 1 aliphatic rings. The fourth-order valence-electron chi connectivity index (χ4n) is 1.41. The Balaban J connectivity index is 1.76. The van der Waals surface area contributed by atoms with Gasteiger partial charge < -0.3 is 19.7 Å². The molecule has 2 N–H and O–H groups in total. The van der Waals surface area contributed by atoms with Gasteiger partial charge in [0, 0.05) is 12.7 Å². The third-order valence-electron chi connectivity index (χ3n) is 2.13. The van der Waals surface area contributed by atoms with Crippen molar-refractivity contribution in [2.24, 2.45) is 0 Å². The van der Waals surface area contributed by atoms with Gasteiger partial charge in [0.25, 0.3) is 0 Å². The summed E-state index contributed by atoms with van der Waals surface area (Å²) in [5.41, 5.74) is 5.40. The van der Waals surface area contributed by atoms with Gasteiger partial charge in [-0.15, -0.1) is 0 Å². The van der Waals surface area contributed by atoms with Gasteiger partial charge in [-0.25, -0.2) is 0 Å². The van der Waals surface area contributed by atoms with Crippen molar-refractivity contribution < 1.29 is 14.0 Å². The van der Waals surface area contributed by atoms with Crippen molar-refractivity contribution in [2.75, 3.05) is 12.3 Å². The Morgan fingerprint density at radius 3 is 3.14 bits per heavy atom. The van der Waals surface area contributed by atoms with Crippen molar-refractivity contribution in [3.05, 3.63) is 11.8 Å². The number of nitrogens with two attached hydrogens (primary N) is 1. The first-order valence-electron chi connectivity index (χ1n) is 4.79. The quantitative estimate of drug-likeness (QED) is 0.792. The largest absolute Gasteiger partial charge is 0.381 e. The molecule has 1 aromatic rings. The summed E-state index contributed by atoms with van der Waals surface area (Å²) >= 11 is 0. The zero-order valence-corrected chi connectivity index (χ0v) is 7.94. The number of hydrogen-bond donors (Lipinski definition) is 1. The lowest BCUT2D eigenvalue weighted by molar-refractivity contribution is -0.171. The molecule has 1 unspecified atom stereocenters. The van der Waals surface area contributed by atoms with Gasteiger partial charge in [0.1, 0.15) is 6.61 Å². The summed E-state index contributed by atoms with van der Waals surface area (Å²) in [5, 5.41) is 3.56. The first-order chi connectivity index (χ1) is 6.84. The fraction of sp³-hybridized carbons (Fsp3) is 0.667. The Kier molecular flexibility index (Phi) is 3.00. The summed E-state index contributed by atoms with van der Waals surface area (Å²) in [7, 11) is 0. The van der Waals surface area contributed by atoms with E-state index >= 15 is 0 Å². The molecule has 0 aromatic carbocycles. The van der Waals surface area contributed by atoms with E-state index in [-0.39, 0.29) is 6.29 Å². The zero-order chi connectivity index (χ0) is 9.80. The average Bonchev–Trinajstić information content (AvgIpc) is 2.63. The van der Waals surface area contributed by atoms with E-state index in [0.29, 0.717) is 18.2 Å². The smallest absolute Gasteiger partial charge is 0.167 e. The molecule has 0 aliphatic carbocycles. The van der Waals surface area contributed by atoms with Crippen molar-refractivity contribution in [3.8, 4) is 0 Å². The Bertz CT molecular complexity index is 281. The molecule has 1 saturated heterocycles. The molecule has 1 atom stereocenters. The SMILES string of the molecule is Nc1cc(COC2CCCCO2)on1. The molecule has 14 heavy (non-hydrogen) atoms. The van der Waals surface area contributed by atoms with Gasteiger partial charge in [-0.05, 0) is 19.3 Å². The normalized spacial score (nSPS) is 22.4. The number of hydrogen-bond acceptors (Lipinski definition) is 5. The van der Waals surface area contributed by atoms with Crippen LogP contribution in [0.25, 0.3) is 0 Å². The summed E-state index contributed by atoms with van der Waals surface area (Å²) in [4.78, 5) is 0. The zero-order valence-electron chi connectivity index (χ0n) is 7.94. The highest BCUT2D eigenvalue weighted by atomic mass is 16.7. The van der Waals surface area contributed by atoms with Gasteiger partial charge in [0.15, 0.2) is 17.9 Å². The molecule has 78 valence electrons. The highest BCUT2D eigenvalue weighted by Gasteiger charge is 2.14. The highest BCUT2D eigenvalue weighted by molar-refractivity contribution is 5.25. The molecular weight excluding hydrogens is 184 g/mol. The minimum absolute atomic E-state index is 0.102. The summed E-state index contributed by atoms with van der Waals surface area (Å²) in [6.07, 6.45) is 3.12. The van der Waals surface area contributed by atoms with Crippen LogP contribution in [0.15, 0.2) is 10.6 Å². The second-order valence-electron chi connectivity index (χ2n) is 3.33. The molecule has 1 aromatic heterocycles. The van der Waals surface area contributed by atoms with Crippen LogP contribution in [0.2, 0.25) is 0 Å². The first-order valence-corrected chi connectivity index (χ1v) is 4.79. The molecule has 2 rings (SSSR count). The van der Waals surface area contributed by atoms with E-state index in [9.17, 15) is 0 Å². The van der Waals surface area contributed by atoms with Crippen LogP contribution in [-0.4, -0.2) is 18.1 Å². The summed E-state index contributed by atoms with van der Waals surface area (Å²) in [5.74, 6) is 1.02. The van der Waals surface area contributed by atoms with Gasteiger partial charge in [-0.1, -0.05) is 5.16 Å². The summed E-state index contributed by atoms with van der Waals surface area (Å²) in [6, 6.07) is 1.66. The van der Waals surface area contributed by atoms with Crippen molar-refractivity contribution in [1.29, 1.82) is 0 Å². The predicted octanol–water partition coefficient (Wildman–Crippen LogP) is 1.30. The first kappa shape index (κ1) is 9.48. The molecule has 0 saturated carbocycles. The van der Waals surface area contributed by atoms with Crippen LogP contribution in [0.5, 0.6) is 0 Å². The van der Waals surface area contributed by atoms with Crippen molar-refractivity contribution in [2.45, 2.75) is 32.2 Å². The molecule has 5 nitrogen and oxygen atoms in total. The van der Waals surface area contributed by atoms with Crippen LogP contribution in [0.1, 0.15) is 25.0 Å². The number of aromatic nitrogens is 1. The van der Waals surface area contributed by atoms with Crippen molar-refractivity contribution in [1.82, 2.24) is 5.16 Å². The van der Waals surface area contributed by atoms with Gasteiger partial charge in [0.2, 0.25) is 0 Å². The monoisotopic (exact) mass is 198 g/mol. The Morgan fingerprint density at radius 1 is 1.57 bits per heavy atom. The molecule has 1 aliphatic heterocycles. The maximum Gasteiger partial charge on any atom is 0.167 e. The molecule has 1 fully saturated rings. The second kappa shape index (κ2) is 4.43. The lowest BCUT2D eigenvalue weighted by Crippen LogP contribution is -2.21. The van der Waals surface area contributed by atoms with E-state index in [2.05, 4.69) is 5.16 Å². The number of nitrogen functional groups attached to an aromatic ring is 1. The molecule has 5 heteroatoms. The van der Waals surface area contributed by atoms with Gasteiger partial charge in [-0.2, -0.15) is 0 Å². The topological polar surface area (TPSA) is 70.5 Å².